The van der Waals surface area contributed by atoms with E-state index < -0.39 is 0 Å². The Morgan fingerprint density at radius 1 is 1.27 bits per heavy atom. The molecule has 1 aliphatic heterocycles. The molecule has 1 saturated carbocycles. The molecule has 0 bridgehead atoms. The summed E-state index contributed by atoms with van der Waals surface area (Å²) in [6.07, 6.45) is 4.75. The fourth-order valence-corrected chi connectivity index (χ4v) is 4.57. The lowest BCUT2D eigenvalue weighted by atomic mass is 9.99. The summed E-state index contributed by atoms with van der Waals surface area (Å²) in [5, 5.41) is 8.99. The number of anilines is 1. The van der Waals surface area contributed by atoms with Gasteiger partial charge in [-0.3, -0.25) is 4.79 Å². The second kappa shape index (κ2) is 8.18. The fourth-order valence-electron chi connectivity index (χ4n) is 3.93. The number of thiophene rings is 1. The van der Waals surface area contributed by atoms with Gasteiger partial charge in [-0.25, -0.2) is 4.39 Å². The van der Waals surface area contributed by atoms with Crippen molar-refractivity contribution in [2.45, 2.75) is 50.6 Å². The van der Waals surface area contributed by atoms with E-state index >= 15 is 4.39 Å². The molecule has 5 rings (SSSR count). The van der Waals surface area contributed by atoms with E-state index in [1.165, 1.54) is 6.07 Å². The zero-order valence-corrected chi connectivity index (χ0v) is 17.3. The molecule has 2 aromatic heterocycles. The number of hydrogen-bond acceptors (Lipinski definition) is 6. The van der Waals surface area contributed by atoms with Crippen molar-refractivity contribution in [1.82, 2.24) is 15.5 Å². The van der Waals surface area contributed by atoms with Crippen molar-refractivity contribution in [1.29, 1.82) is 0 Å². The molecular formula is C22H23FN4O2S. The SMILES string of the molecule is O=C(NCc1cccs1)C1CCCCN1c1ccc(-c2noc(C3CC3)n2)cc1F. The van der Waals surface area contributed by atoms with Gasteiger partial charge in [-0.2, -0.15) is 4.98 Å². The molecule has 1 aromatic carbocycles. The summed E-state index contributed by atoms with van der Waals surface area (Å²) in [7, 11) is 0. The predicted molar refractivity (Wildman–Crippen MR) is 113 cm³/mol. The minimum atomic E-state index is -0.372. The van der Waals surface area contributed by atoms with Crippen LogP contribution in [0.1, 0.15) is 48.8 Å². The van der Waals surface area contributed by atoms with Crippen LogP contribution < -0.4 is 10.2 Å². The van der Waals surface area contributed by atoms with Crippen molar-refractivity contribution in [3.63, 3.8) is 0 Å². The first-order chi connectivity index (χ1) is 14.7. The van der Waals surface area contributed by atoms with Gasteiger partial charge in [-0.1, -0.05) is 11.2 Å². The lowest BCUT2D eigenvalue weighted by Gasteiger charge is -2.36. The van der Waals surface area contributed by atoms with Crippen LogP contribution in [0.4, 0.5) is 10.1 Å². The molecule has 1 amide bonds. The molecule has 2 aliphatic rings. The number of nitrogens with one attached hydrogen (secondary N) is 1. The van der Waals surface area contributed by atoms with Crippen LogP contribution in [-0.4, -0.2) is 28.6 Å². The van der Waals surface area contributed by atoms with Gasteiger partial charge in [0.25, 0.3) is 0 Å². The molecule has 1 saturated heterocycles. The summed E-state index contributed by atoms with van der Waals surface area (Å²) in [6, 6.07) is 8.55. The molecular weight excluding hydrogens is 403 g/mol. The molecule has 30 heavy (non-hydrogen) atoms. The number of rotatable bonds is 6. The maximum absolute atomic E-state index is 15.1. The van der Waals surface area contributed by atoms with Crippen LogP contribution in [0.25, 0.3) is 11.4 Å². The van der Waals surface area contributed by atoms with Crippen LogP contribution >= 0.6 is 11.3 Å². The van der Waals surface area contributed by atoms with E-state index in [2.05, 4.69) is 15.5 Å². The van der Waals surface area contributed by atoms with Crippen molar-refractivity contribution in [3.8, 4) is 11.4 Å². The molecule has 0 spiro atoms. The summed E-state index contributed by atoms with van der Waals surface area (Å²) in [4.78, 5) is 20.2. The van der Waals surface area contributed by atoms with Crippen LogP contribution in [-0.2, 0) is 11.3 Å². The smallest absolute Gasteiger partial charge is 0.242 e. The van der Waals surface area contributed by atoms with Gasteiger partial charge in [-0.05, 0) is 61.7 Å². The second-order valence-electron chi connectivity index (χ2n) is 7.90. The number of halogens is 1. The summed E-state index contributed by atoms with van der Waals surface area (Å²) >= 11 is 1.61. The van der Waals surface area contributed by atoms with E-state index in [-0.39, 0.29) is 17.8 Å². The van der Waals surface area contributed by atoms with Gasteiger partial charge in [0.05, 0.1) is 12.2 Å². The van der Waals surface area contributed by atoms with E-state index in [1.54, 1.807) is 23.5 Å². The minimum Gasteiger partial charge on any atom is -0.357 e. The maximum Gasteiger partial charge on any atom is 0.242 e. The monoisotopic (exact) mass is 426 g/mol. The number of hydrogen-bond donors (Lipinski definition) is 1. The molecule has 8 heteroatoms. The Bertz CT molecular complexity index is 1030. The topological polar surface area (TPSA) is 71.3 Å². The number of aromatic nitrogens is 2. The Kier molecular flexibility index (Phi) is 5.25. The van der Waals surface area contributed by atoms with Crippen LogP contribution in [0.2, 0.25) is 0 Å². The third kappa shape index (κ3) is 3.96. The first kappa shape index (κ1) is 19.2. The van der Waals surface area contributed by atoms with E-state index in [1.807, 2.05) is 22.4 Å². The normalized spacial score (nSPS) is 19.1. The Morgan fingerprint density at radius 2 is 2.17 bits per heavy atom. The van der Waals surface area contributed by atoms with Crippen LogP contribution in [0, 0.1) is 5.82 Å². The standard InChI is InChI=1S/C22H23FN4O2S/c23-17-12-15(20-25-22(29-26-20)14-6-7-14)8-9-18(17)27-10-2-1-5-19(27)21(28)24-13-16-4-3-11-30-16/h3-4,8-9,11-12,14,19H,1-2,5-7,10,13H2,(H,24,28). The Labute approximate surface area is 178 Å². The summed E-state index contributed by atoms with van der Waals surface area (Å²) < 4.78 is 20.4. The number of nitrogens with zero attached hydrogens (tertiary/aromatic N) is 3. The Hall–Kier alpha value is -2.74. The third-order valence-electron chi connectivity index (χ3n) is 5.71. The van der Waals surface area contributed by atoms with E-state index in [4.69, 9.17) is 4.52 Å². The highest BCUT2D eigenvalue weighted by molar-refractivity contribution is 7.09. The largest absolute Gasteiger partial charge is 0.357 e. The average Bonchev–Trinajstić information content (AvgIpc) is 3.26. The van der Waals surface area contributed by atoms with E-state index in [9.17, 15) is 4.79 Å². The van der Waals surface area contributed by atoms with Crippen LogP contribution in [0.15, 0.2) is 40.2 Å². The number of carbonyl (C=O) groups is 1. The van der Waals surface area contributed by atoms with Crippen molar-refractivity contribution < 1.29 is 13.7 Å². The number of piperidine rings is 1. The average molecular weight is 427 g/mol. The molecule has 1 atom stereocenters. The van der Waals surface area contributed by atoms with E-state index in [0.717, 1.165) is 30.6 Å². The predicted octanol–water partition coefficient (Wildman–Crippen LogP) is 4.49. The van der Waals surface area contributed by atoms with Crippen molar-refractivity contribution in [3.05, 3.63) is 52.3 Å². The van der Waals surface area contributed by atoms with Crippen LogP contribution in [0.3, 0.4) is 0 Å². The van der Waals surface area contributed by atoms with Gasteiger partial charge >= 0.3 is 0 Å². The molecule has 1 N–H and O–H groups in total. The van der Waals surface area contributed by atoms with Gasteiger partial charge in [-0.15, -0.1) is 11.3 Å². The zero-order chi connectivity index (χ0) is 20.5. The molecule has 0 radical (unpaired) electrons. The van der Waals surface area contributed by atoms with Crippen LogP contribution in [0.5, 0.6) is 0 Å². The highest BCUT2D eigenvalue weighted by Gasteiger charge is 2.32. The fraction of sp³-hybridized carbons (Fsp3) is 0.409. The van der Waals surface area contributed by atoms with Crippen molar-refractivity contribution in [2.24, 2.45) is 0 Å². The lowest BCUT2D eigenvalue weighted by molar-refractivity contribution is -0.123. The lowest BCUT2D eigenvalue weighted by Crippen LogP contribution is -2.49. The highest BCUT2D eigenvalue weighted by atomic mass is 32.1. The van der Waals surface area contributed by atoms with Gasteiger partial charge in [0, 0.05) is 22.9 Å². The molecule has 1 aliphatic carbocycles. The summed E-state index contributed by atoms with van der Waals surface area (Å²) in [6.45, 7) is 1.16. The molecule has 3 heterocycles. The van der Waals surface area contributed by atoms with Crippen molar-refractivity contribution >= 4 is 22.9 Å². The second-order valence-corrected chi connectivity index (χ2v) is 8.93. The number of benzene rings is 1. The molecule has 156 valence electrons. The van der Waals surface area contributed by atoms with Gasteiger partial charge in [0.2, 0.25) is 17.6 Å². The molecule has 2 fully saturated rings. The molecule has 1 unspecified atom stereocenters. The minimum absolute atomic E-state index is 0.0566. The maximum atomic E-state index is 15.1. The molecule has 6 nitrogen and oxygen atoms in total. The highest BCUT2D eigenvalue weighted by Crippen LogP contribution is 2.39. The van der Waals surface area contributed by atoms with E-state index in [0.29, 0.717) is 48.4 Å². The summed E-state index contributed by atoms with van der Waals surface area (Å²) in [5.74, 6) is 0.971. The number of carbonyl (C=O) groups excluding carboxylic acids is 1. The summed E-state index contributed by atoms with van der Waals surface area (Å²) in [5.41, 5.74) is 1.03. The van der Waals surface area contributed by atoms with Crippen molar-refractivity contribution in [2.75, 3.05) is 11.4 Å². The zero-order valence-electron chi connectivity index (χ0n) is 16.5. The first-order valence-corrected chi connectivity index (χ1v) is 11.3. The van der Waals surface area contributed by atoms with Gasteiger partial charge < -0.3 is 14.7 Å². The third-order valence-corrected chi connectivity index (χ3v) is 6.58. The quantitative estimate of drug-likeness (QED) is 0.629. The van der Waals surface area contributed by atoms with Gasteiger partial charge in [0.1, 0.15) is 11.9 Å². The Morgan fingerprint density at radius 3 is 2.93 bits per heavy atom. The first-order valence-electron chi connectivity index (χ1n) is 10.4. The molecule has 3 aromatic rings. The number of amides is 1. The van der Waals surface area contributed by atoms with Gasteiger partial charge in [0.15, 0.2) is 0 Å². The Balaban J connectivity index is 1.33.